The number of anilines is 1. The topological polar surface area (TPSA) is 81.8 Å². The van der Waals surface area contributed by atoms with Crippen molar-refractivity contribution in [1.82, 2.24) is 15.1 Å². The number of amides is 4. The van der Waals surface area contributed by atoms with E-state index in [0.29, 0.717) is 28.7 Å². The molecule has 1 aromatic carbocycles. The standard InChI is InChI=1S/C19H24Cl2N4O3/c20-13-6-7-14(21)16(11-13)23-19(28)22-15-5-1-2-10-25(18(15)27)12-17(26)24-8-3-4-9-24/h6-7,11,15H,1-5,8-10,12H2,(H2,22,23,28). The third-order valence-corrected chi connectivity index (χ3v) is 5.61. The van der Waals surface area contributed by atoms with E-state index in [2.05, 4.69) is 10.6 Å². The van der Waals surface area contributed by atoms with Crippen LogP contribution >= 0.6 is 23.2 Å². The van der Waals surface area contributed by atoms with Gasteiger partial charge < -0.3 is 20.4 Å². The van der Waals surface area contributed by atoms with Gasteiger partial charge in [-0.05, 0) is 50.3 Å². The van der Waals surface area contributed by atoms with Gasteiger partial charge in [-0.2, -0.15) is 0 Å². The number of likely N-dealkylation sites (tertiary alicyclic amines) is 2. The fourth-order valence-electron chi connectivity index (χ4n) is 3.54. The van der Waals surface area contributed by atoms with Crippen LogP contribution in [0.1, 0.15) is 32.1 Å². The second-order valence-electron chi connectivity index (χ2n) is 7.12. The predicted molar refractivity (Wildman–Crippen MR) is 109 cm³/mol. The van der Waals surface area contributed by atoms with E-state index in [0.717, 1.165) is 38.8 Å². The minimum Gasteiger partial charge on any atom is -0.341 e. The molecule has 152 valence electrons. The van der Waals surface area contributed by atoms with Crippen molar-refractivity contribution in [2.24, 2.45) is 0 Å². The van der Waals surface area contributed by atoms with Gasteiger partial charge in [0.15, 0.2) is 0 Å². The molecule has 2 aliphatic heterocycles. The summed E-state index contributed by atoms with van der Waals surface area (Å²) >= 11 is 12.0. The summed E-state index contributed by atoms with van der Waals surface area (Å²) in [5, 5.41) is 6.13. The van der Waals surface area contributed by atoms with Crippen LogP contribution in [0.5, 0.6) is 0 Å². The highest BCUT2D eigenvalue weighted by Gasteiger charge is 2.31. The number of hydrogen-bond acceptors (Lipinski definition) is 3. The molecule has 4 amide bonds. The molecular formula is C19H24Cl2N4O3. The molecule has 1 atom stereocenters. The third kappa shape index (κ3) is 5.29. The Morgan fingerprint density at radius 1 is 1.07 bits per heavy atom. The predicted octanol–water partition coefficient (Wildman–Crippen LogP) is 3.12. The van der Waals surface area contributed by atoms with E-state index in [9.17, 15) is 14.4 Å². The van der Waals surface area contributed by atoms with Crippen molar-refractivity contribution in [3.63, 3.8) is 0 Å². The Bertz CT molecular complexity index is 753. The highest BCUT2D eigenvalue weighted by atomic mass is 35.5. The van der Waals surface area contributed by atoms with E-state index < -0.39 is 12.1 Å². The minimum atomic E-state index is -0.674. The summed E-state index contributed by atoms with van der Waals surface area (Å²) in [6.07, 6.45) is 4.15. The van der Waals surface area contributed by atoms with Crippen molar-refractivity contribution in [2.45, 2.75) is 38.1 Å². The number of nitrogens with one attached hydrogen (secondary N) is 2. The summed E-state index contributed by atoms with van der Waals surface area (Å²) in [6.45, 7) is 2.10. The number of rotatable bonds is 4. The maximum atomic E-state index is 12.9. The van der Waals surface area contributed by atoms with Crippen LogP contribution in [-0.4, -0.2) is 59.9 Å². The summed E-state index contributed by atoms with van der Waals surface area (Å²) < 4.78 is 0. The molecule has 1 aromatic rings. The Kier molecular flexibility index (Phi) is 7.02. The second-order valence-corrected chi connectivity index (χ2v) is 7.96. The molecule has 0 saturated carbocycles. The Morgan fingerprint density at radius 2 is 1.79 bits per heavy atom. The van der Waals surface area contributed by atoms with Crippen LogP contribution in [0, 0.1) is 0 Å². The van der Waals surface area contributed by atoms with Gasteiger partial charge in [0.25, 0.3) is 0 Å². The van der Waals surface area contributed by atoms with Crippen LogP contribution in [0.2, 0.25) is 10.0 Å². The van der Waals surface area contributed by atoms with Crippen molar-refractivity contribution >= 4 is 46.7 Å². The first-order chi connectivity index (χ1) is 13.4. The number of hydrogen-bond donors (Lipinski definition) is 2. The van der Waals surface area contributed by atoms with E-state index in [-0.39, 0.29) is 18.4 Å². The number of halogens is 2. The second kappa shape index (κ2) is 9.47. The molecule has 0 spiro atoms. The monoisotopic (exact) mass is 426 g/mol. The van der Waals surface area contributed by atoms with Gasteiger partial charge in [-0.1, -0.05) is 23.2 Å². The van der Waals surface area contributed by atoms with Crippen molar-refractivity contribution in [3.05, 3.63) is 28.2 Å². The molecule has 1 unspecified atom stereocenters. The Balaban J connectivity index is 1.60. The maximum absolute atomic E-state index is 12.9. The number of nitrogens with zero attached hydrogens (tertiary/aromatic N) is 2. The van der Waals surface area contributed by atoms with E-state index in [1.54, 1.807) is 28.0 Å². The molecular weight excluding hydrogens is 403 g/mol. The number of benzene rings is 1. The van der Waals surface area contributed by atoms with Crippen LogP contribution < -0.4 is 10.6 Å². The van der Waals surface area contributed by atoms with Crippen LogP contribution in [0.15, 0.2) is 18.2 Å². The lowest BCUT2D eigenvalue weighted by molar-refractivity contribution is -0.140. The molecule has 0 aliphatic carbocycles. The summed E-state index contributed by atoms with van der Waals surface area (Å²) in [7, 11) is 0. The average Bonchev–Trinajstić information content (AvgIpc) is 3.15. The van der Waals surface area contributed by atoms with E-state index >= 15 is 0 Å². The Morgan fingerprint density at radius 3 is 2.54 bits per heavy atom. The molecule has 3 rings (SSSR count). The van der Waals surface area contributed by atoms with Gasteiger partial charge in [-0.15, -0.1) is 0 Å². The fraction of sp³-hybridized carbons (Fsp3) is 0.526. The zero-order chi connectivity index (χ0) is 20.1. The molecule has 2 saturated heterocycles. The van der Waals surface area contributed by atoms with E-state index in [4.69, 9.17) is 23.2 Å². The van der Waals surface area contributed by atoms with Gasteiger partial charge in [0.1, 0.15) is 6.04 Å². The summed E-state index contributed by atoms with van der Waals surface area (Å²) in [4.78, 5) is 41.0. The summed E-state index contributed by atoms with van der Waals surface area (Å²) in [5.41, 5.74) is 0.369. The van der Waals surface area contributed by atoms with E-state index in [1.807, 2.05) is 0 Å². The van der Waals surface area contributed by atoms with Crippen LogP contribution in [0.4, 0.5) is 10.5 Å². The molecule has 0 aromatic heterocycles. The van der Waals surface area contributed by atoms with Gasteiger partial charge in [-0.25, -0.2) is 4.79 Å². The minimum absolute atomic E-state index is 0.0262. The lowest BCUT2D eigenvalue weighted by atomic mass is 10.1. The number of urea groups is 1. The molecule has 2 fully saturated rings. The Labute approximate surface area is 174 Å². The molecule has 28 heavy (non-hydrogen) atoms. The zero-order valence-corrected chi connectivity index (χ0v) is 17.1. The first-order valence-corrected chi connectivity index (χ1v) is 10.3. The van der Waals surface area contributed by atoms with Crippen molar-refractivity contribution < 1.29 is 14.4 Å². The number of carbonyl (C=O) groups is 3. The van der Waals surface area contributed by atoms with Gasteiger partial charge in [0.05, 0.1) is 17.3 Å². The van der Waals surface area contributed by atoms with Crippen LogP contribution in [-0.2, 0) is 9.59 Å². The van der Waals surface area contributed by atoms with Crippen molar-refractivity contribution in [2.75, 3.05) is 31.5 Å². The normalized spacial score (nSPS) is 20.1. The molecule has 0 bridgehead atoms. The average molecular weight is 427 g/mol. The molecule has 0 radical (unpaired) electrons. The first kappa shape index (κ1) is 20.7. The first-order valence-electron chi connectivity index (χ1n) is 9.53. The van der Waals surface area contributed by atoms with Crippen molar-refractivity contribution in [1.29, 1.82) is 0 Å². The molecule has 2 heterocycles. The highest BCUT2D eigenvalue weighted by molar-refractivity contribution is 6.35. The van der Waals surface area contributed by atoms with Gasteiger partial charge in [0.2, 0.25) is 11.8 Å². The van der Waals surface area contributed by atoms with Crippen LogP contribution in [0.3, 0.4) is 0 Å². The quantitative estimate of drug-likeness (QED) is 0.775. The summed E-state index contributed by atoms with van der Waals surface area (Å²) in [5.74, 6) is -0.251. The largest absolute Gasteiger partial charge is 0.341 e. The van der Waals surface area contributed by atoms with Crippen molar-refractivity contribution in [3.8, 4) is 0 Å². The SMILES string of the molecule is O=C(Nc1cc(Cl)ccc1Cl)NC1CCCCN(CC(=O)N2CCCC2)C1=O. The maximum Gasteiger partial charge on any atom is 0.319 e. The van der Waals surface area contributed by atoms with Gasteiger partial charge >= 0.3 is 6.03 Å². The van der Waals surface area contributed by atoms with Crippen LogP contribution in [0.25, 0.3) is 0 Å². The number of carbonyl (C=O) groups excluding carboxylic acids is 3. The molecule has 2 aliphatic rings. The fourth-order valence-corrected chi connectivity index (χ4v) is 3.87. The lowest BCUT2D eigenvalue weighted by Crippen LogP contribution is -2.51. The lowest BCUT2D eigenvalue weighted by Gasteiger charge is -2.26. The zero-order valence-electron chi connectivity index (χ0n) is 15.5. The molecule has 7 nitrogen and oxygen atoms in total. The molecule has 9 heteroatoms. The van der Waals surface area contributed by atoms with E-state index in [1.165, 1.54) is 0 Å². The third-order valence-electron chi connectivity index (χ3n) is 5.05. The Hall–Kier alpha value is -1.99. The smallest absolute Gasteiger partial charge is 0.319 e. The highest BCUT2D eigenvalue weighted by Crippen LogP contribution is 2.25. The van der Waals surface area contributed by atoms with Gasteiger partial charge in [0, 0.05) is 24.7 Å². The van der Waals surface area contributed by atoms with Gasteiger partial charge in [-0.3, -0.25) is 9.59 Å². The summed E-state index contributed by atoms with van der Waals surface area (Å²) in [6, 6.07) is 3.54. The molecule has 2 N–H and O–H groups in total.